The second-order valence-corrected chi connectivity index (χ2v) is 10.6. The van der Waals surface area contributed by atoms with Gasteiger partial charge in [-0.2, -0.15) is 0 Å². The zero-order valence-corrected chi connectivity index (χ0v) is 23.0. The molecule has 3 aliphatic rings. The number of carbonyl (C=O) groups excluding carboxylic acids is 3. The van der Waals surface area contributed by atoms with Crippen LogP contribution in [-0.4, -0.2) is 76.6 Å². The van der Waals surface area contributed by atoms with E-state index in [1.807, 2.05) is 0 Å². The molecule has 0 aromatic heterocycles. The lowest BCUT2D eigenvalue weighted by atomic mass is 9.99. The summed E-state index contributed by atoms with van der Waals surface area (Å²) < 4.78 is 0. The number of unbranched alkanes of at least 4 members (excludes halogenated alkanes) is 6. The Morgan fingerprint density at radius 1 is 0.462 bits per heavy atom. The summed E-state index contributed by atoms with van der Waals surface area (Å²) in [7, 11) is 0. The van der Waals surface area contributed by atoms with E-state index in [4.69, 9.17) is 17.2 Å². The van der Waals surface area contributed by atoms with Crippen LogP contribution < -0.4 is 47.9 Å². The Morgan fingerprint density at radius 2 is 0.744 bits per heavy atom. The van der Waals surface area contributed by atoms with Gasteiger partial charge in [0.25, 0.3) is 0 Å². The fraction of sp³-hybridized carbons (Fsp3) is 0.667. The molecule has 3 aliphatic heterocycles. The van der Waals surface area contributed by atoms with E-state index in [-0.39, 0.29) is 37.4 Å². The van der Waals surface area contributed by atoms with Crippen LogP contribution in [-0.2, 0) is 14.4 Å². The molecule has 1 aromatic rings. The average Bonchev–Trinajstić information content (AvgIpc) is 2.90. The maximum atomic E-state index is 13.0. The van der Waals surface area contributed by atoms with Gasteiger partial charge in [0.15, 0.2) is 0 Å². The molecule has 12 nitrogen and oxygen atoms in total. The van der Waals surface area contributed by atoms with E-state index >= 15 is 0 Å². The normalized spacial score (nSPS) is 16.4. The van der Waals surface area contributed by atoms with E-state index in [0.29, 0.717) is 56.3 Å². The van der Waals surface area contributed by atoms with Gasteiger partial charge in [0.05, 0.1) is 53.8 Å². The Bertz CT molecular complexity index is 898. The van der Waals surface area contributed by atoms with Crippen molar-refractivity contribution in [2.75, 3.05) is 89.6 Å². The van der Waals surface area contributed by atoms with Gasteiger partial charge in [0.1, 0.15) is 0 Å². The number of carbonyl (C=O) groups is 3. The summed E-state index contributed by atoms with van der Waals surface area (Å²) in [5.41, 5.74) is 21.5. The average molecular weight is 544 g/mol. The predicted molar refractivity (Wildman–Crippen MR) is 158 cm³/mol. The van der Waals surface area contributed by atoms with Gasteiger partial charge in [-0.1, -0.05) is 19.3 Å². The highest BCUT2D eigenvalue weighted by molar-refractivity contribution is 6.23. The van der Waals surface area contributed by atoms with Gasteiger partial charge in [-0.05, 0) is 58.2 Å². The molecule has 3 amide bonds. The van der Waals surface area contributed by atoms with Crippen molar-refractivity contribution >= 4 is 51.8 Å². The van der Waals surface area contributed by atoms with Crippen molar-refractivity contribution in [2.24, 2.45) is 17.2 Å². The Hall–Kier alpha value is -3.09. The summed E-state index contributed by atoms with van der Waals surface area (Å²) in [6.45, 7) is 4.51. The molecule has 12 heteroatoms. The fourth-order valence-electron chi connectivity index (χ4n) is 5.75. The van der Waals surface area contributed by atoms with Crippen molar-refractivity contribution in [3.63, 3.8) is 0 Å². The van der Waals surface area contributed by atoms with Crippen LogP contribution in [0.25, 0.3) is 0 Å². The second kappa shape index (κ2) is 13.8. The monoisotopic (exact) mass is 543 g/mol. The fourth-order valence-corrected chi connectivity index (χ4v) is 5.75. The van der Waals surface area contributed by atoms with Crippen LogP contribution in [0, 0.1) is 0 Å². The van der Waals surface area contributed by atoms with Crippen molar-refractivity contribution in [3.8, 4) is 0 Å². The topological polar surface area (TPSA) is 175 Å². The number of hydrogen-bond donors (Lipinski definition) is 6. The first-order valence-electron chi connectivity index (χ1n) is 14.5. The number of nitrogens with zero attached hydrogens (tertiary/aromatic N) is 3. The molecule has 0 aliphatic carbocycles. The number of nitrogens with two attached hydrogens (primary N) is 3. The summed E-state index contributed by atoms with van der Waals surface area (Å²) in [4.78, 5) is 45.2. The molecule has 0 saturated carbocycles. The lowest BCUT2D eigenvalue weighted by molar-refractivity contribution is -0.115. The quantitative estimate of drug-likeness (QED) is 0.178. The van der Waals surface area contributed by atoms with Crippen molar-refractivity contribution < 1.29 is 14.4 Å². The lowest BCUT2D eigenvalue weighted by Gasteiger charge is -2.44. The van der Waals surface area contributed by atoms with Gasteiger partial charge in [0.2, 0.25) is 17.7 Å². The molecule has 39 heavy (non-hydrogen) atoms. The third-order valence-corrected chi connectivity index (χ3v) is 7.56. The van der Waals surface area contributed by atoms with E-state index in [1.165, 1.54) is 0 Å². The van der Waals surface area contributed by atoms with Crippen molar-refractivity contribution in [3.05, 3.63) is 0 Å². The highest BCUT2D eigenvalue weighted by Crippen LogP contribution is 2.57. The van der Waals surface area contributed by atoms with Crippen molar-refractivity contribution in [2.45, 2.75) is 57.8 Å². The molecule has 4 rings (SSSR count). The minimum atomic E-state index is -0.107. The summed E-state index contributed by atoms with van der Waals surface area (Å²) in [6, 6.07) is 0. The standard InChI is InChI=1S/C27H45N9O3/c28-10-4-1-7-13-34-16-19(37)31-22-25(34)23-27(35(17-20(38)32-23)14-8-2-5-11-29)24-26(22)36(18-21(39)33-24)15-9-3-6-12-30/h1-18,28-30H2,(H,31,37)(H,32,38)(H,33,39). The van der Waals surface area contributed by atoms with Crippen LogP contribution in [0.15, 0.2) is 0 Å². The Balaban J connectivity index is 1.82. The molecule has 216 valence electrons. The number of anilines is 6. The maximum Gasteiger partial charge on any atom is 0.244 e. The first kappa shape index (κ1) is 28.9. The molecule has 0 radical (unpaired) electrons. The van der Waals surface area contributed by atoms with Crippen LogP contribution >= 0.6 is 0 Å². The first-order chi connectivity index (χ1) is 19.0. The van der Waals surface area contributed by atoms with Gasteiger partial charge in [-0.15, -0.1) is 0 Å². The van der Waals surface area contributed by atoms with Crippen LogP contribution in [0.2, 0.25) is 0 Å². The molecule has 0 spiro atoms. The Kier molecular flexibility index (Phi) is 10.2. The molecule has 0 unspecified atom stereocenters. The van der Waals surface area contributed by atoms with E-state index in [2.05, 4.69) is 30.7 Å². The van der Waals surface area contributed by atoms with Gasteiger partial charge < -0.3 is 47.9 Å². The first-order valence-corrected chi connectivity index (χ1v) is 14.5. The molecule has 0 saturated heterocycles. The minimum absolute atomic E-state index is 0.107. The summed E-state index contributed by atoms with van der Waals surface area (Å²) in [6.07, 6.45) is 8.28. The smallest absolute Gasteiger partial charge is 0.244 e. The largest absolute Gasteiger partial charge is 0.359 e. The van der Waals surface area contributed by atoms with Crippen LogP contribution in [0.5, 0.6) is 0 Å². The Morgan fingerprint density at radius 3 is 1.00 bits per heavy atom. The SMILES string of the molecule is NCCCCCN1CC(=O)Nc2c1c1c(c3c2N(CCCCCN)CC(=O)N3)N(CCCCCN)CC(=O)N1. The molecule has 9 N–H and O–H groups in total. The number of hydrogen-bond acceptors (Lipinski definition) is 9. The summed E-state index contributed by atoms with van der Waals surface area (Å²) >= 11 is 0. The van der Waals surface area contributed by atoms with Gasteiger partial charge in [0, 0.05) is 19.6 Å². The maximum absolute atomic E-state index is 13.0. The number of amides is 3. The van der Waals surface area contributed by atoms with E-state index in [0.717, 1.165) is 74.8 Å². The number of fused-ring (bicyclic) bond motifs is 6. The van der Waals surface area contributed by atoms with E-state index in [9.17, 15) is 14.4 Å². The van der Waals surface area contributed by atoms with Crippen LogP contribution in [0.1, 0.15) is 57.8 Å². The highest BCUT2D eigenvalue weighted by atomic mass is 16.2. The van der Waals surface area contributed by atoms with Crippen molar-refractivity contribution in [1.29, 1.82) is 0 Å². The molecule has 0 fully saturated rings. The molecule has 1 aromatic carbocycles. The molecular weight excluding hydrogens is 498 g/mol. The third-order valence-electron chi connectivity index (χ3n) is 7.56. The zero-order valence-electron chi connectivity index (χ0n) is 23.0. The molecule has 0 atom stereocenters. The van der Waals surface area contributed by atoms with Gasteiger partial charge in [-0.25, -0.2) is 0 Å². The number of benzene rings is 1. The van der Waals surface area contributed by atoms with Crippen LogP contribution in [0.4, 0.5) is 34.1 Å². The van der Waals surface area contributed by atoms with Crippen molar-refractivity contribution in [1.82, 2.24) is 0 Å². The lowest BCUT2D eigenvalue weighted by Crippen LogP contribution is -2.47. The Labute approximate surface area is 231 Å². The second-order valence-electron chi connectivity index (χ2n) is 10.6. The number of nitrogens with one attached hydrogen (secondary N) is 3. The van der Waals surface area contributed by atoms with Gasteiger partial charge >= 0.3 is 0 Å². The summed E-state index contributed by atoms with van der Waals surface area (Å²) in [5, 5.41) is 9.33. The molecular formula is C27H45N9O3. The number of rotatable bonds is 15. The molecule has 3 heterocycles. The minimum Gasteiger partial charge on any atom is -0.359 e. The van der Waals surface area contributed by atoms with Gasteiger partial charge in [-0.3, -0.25) is 14.4 Å². The highest BCUT2D eigenvalue weighted by Gasteiger charge is 2.40. The summed E-state index contributed by atoms with van der Waals surface area (Å²) in [5.74, 6) is -0.322. The van der Waals surface area contributed by atoms with E-state index in [1.54, 1.807) is 0 Å². The zero-order chi connectivity index (χ0) is 27.8. The molecule has 0 bridgehead atoms. The predicted octanol–water partition coefficient (Wildman–Crippen LogP) is 1.35. The third kappa shape index (κ3) is 6.74. The van der Waals surface area contributed by atoms with Crippen LogP contribution in [0.3, 0.4) is 0 Å². The van der Waals surface area contributed by atoms with E-state index < -0.39 is 0 Å².